The molecule has 2 aromatic heterocycles. The Hall–Kier alpha value is -3.50. The Bertz CT molecular complexity index is 1060. The van der Waals surface area contributed by atoms with Crippen molar-refractivity contribution in [3.05, 3.63) is 38.4 Å². The molecule has 1 N–H and O–H groups in total. The zero-order valence-electron chi connectivity index (χ0n) is 13.6. The molecule has 25 heavy (non-hydrogen) atoms. The number of nitro benzene ring substituents is 1. The van der Waals surface area contributed by atoms with E-state index in [1.165, 1.54) is 28.3 Å². The highest BCUT2D eigenvalue weighted by Crippen LogP contribution is 2.33. The number of fused-ring (bicyclic) bond motifs is 1. The molecule has 0 aliphatic carbocycles. The average molecular weight is 346 g/mol. The zero-order chi connectivity index (χ0) is 18.3. The fraction of sp³-hybridized carbons (Fsp3) is 0.286. The van der Waals surface area contributed by atoms with E-state index in [9.17, 15) is 19.7 Å². The van der Waals surface area contributed by atoms with Gasteiger partial charge in [0.15, 0.2) is 5.69 Å². The standard InChI is InChI=1S/C14H14N6O5/c1-4-25-13(21)12-11(15-17-16-12)7-5-9-10(6-8(7)20(23)24)19(3)14(22)18(9)2/h5-6H,4H2,1-3H3,(H,15,16,17). The van der Waals surface area contributed by atoms with Crippen LogP contribution >= 0.6 is 0 Å². The summed E-state index contributed by atoms with van der Waals surface area (Å²) in [4.78, 5) is 35.0. The van der Waals surface area contributed by atoms with Gasteiger partial charge in [0.2, 0.25) is 0 Å². The number of nitrogens with zero attached hydrogens (tertiary/aromatic N) is 5. The molecule has 0 saturated carbocycles. The number of esters is 1. The highest BCUT2D eigenvalue weighted by molar-refractivity contribution is 5.97. The lowest BCUT2D eigenvalue weighted by Gasteiger charge is -2.04. The second-order valence-corrected chi connectivity index (χ2v) is 5.26. The molecule has 1 aromatic carbocycles. The van der Waals surface area contributed by atoms with Crippen LogP contribution in [0.1, 0.15) is 17.4 Å². The van der Waals surface area contributed by atoms with Gasteiger partial charge in [-0.05, 0) is 13.0 Å². The summed E-state index contributed by atoms with van der Waals surface area (Å²) in [5.41, 5.74) is 0.125. The van der Waals surface area contributed by atoms with Gasteiger partial charge in [0, 0.05) is 20.2 Å². The van der Waals surface area contributed by atoms with E-state index in [1.807, 2.05) is 0 Å². The minimum absolute atomic E-state index is 0.0108. The first-order chi connectivity index (χ1) is 11.9. The lowest BCUT2D eigenvalue weighted by molar-refractivity contribution is -0.384. The van der Waals surface area contributed by atoms with Crippen molar-refractivity contribution in [3.63, 3.8) is 0 Å². The Morgan fingerprint density at radius 3 is 2.52 bits per heavy atom. The number of benzene rings is 1. The van der Waals surface area contributed by atoms with Crippen LogP contribution in [-0.2, 0) is 18.8 Å². The van der Waals surface area contributed by atoms with E-state index < -0.39 is 10.9 Å². The van der Waals surface area contributed by atoms with Crippen LogP contribution in [0, 0.1) is 10.1 Å². The average Bonchev–Trinajstić information content (AvgIpc) is 3.14. The molecule has 3 aromatic rings. The third-order valence-corrected chi connectivity index (χ3v) is 3.86. The fourth-order valence-corrected chi connectivity index (χ4v) is 2.64. The van der Waals surface area contributed by atoms with Crippen molar-refractivity contribution < 1.29 is 14.5 Å². The van der Waals surface area contributed by atoms with Crippen LogP contribution in [0.4, 0.5) is 5.69 Å². The topological polar surface area (TPSA) is 138 Å². The van der Waals surface area contributed by atoms with Crippen LogP contribution in [0.2, 0.25) is 0 Å². The minimum atomic E-state index is -0.748. The molecule has 0 spiro atoms. The molecule has 0 radical (unpaired) electrons. The Morgan fingerprint density at radius 2 is 1.92 bits per heavy atom. The van der Waals surface area contributed by atoms with Crippen molar-refractivity contribution in [1.29, 1.82) is 0 Å². The van der Waals surface area contributed by atoms with Gasteiger partial charge in [0.25, 0.3) is 5.69 Å². The first-order valence-corrected chi connectivity index (χ1v) is 7.28. The number of hydrogen-bond acceptors (Lipinski definition) is 7. The first kappa shape index (κ1) is 16.4. The molecule has 130 valence electrons. The molecular formula is C14H14N6O5. The van der Waals surface area contributed by atoms with Gasteiger partial charge in [0.05, 0.1) is 28.1 Å². The quantitative estimate of drug-likeness (QED) is 0.418. The highest BCUT2D eigenvalue weighted by atomic mass is 16.6. The van der Waals surface area contributed by atoms with E-state index in [1.54, 1.807) is 14.0 Å². The van der Waals surface area contributed by atoms with Crippen molar-refractivity contribution in [2.45, 2.75) is 6.92 Å². The number of rotatable bonds is 4. The zero-order valence-corrected chi connectivity index (χ0v) is 13.6. The van der Waals surface area contributed by atoms with Gasteiger partial charge in [-0.25, -0.2) is 9.59 Å². The molecule has 11 nitrogen and oxygen atoms in total. The van der Waals surface area contributed by atoms with Crippen LogP contribution in [0.5, 0.6) is 0 Å². The number of aryl methyl sites for hydroxylation is 2. The summed E-state index contributed by atoms with van der Waals surface area (Å²) in [6.45, 7) is 1.76. The van der Waals surface area contributed by atoms with Crippen molar-refractivity contribution in [2.75, 3.05) is 6.61 Å². The van der Waals surface area contributed by atoms with Gasteiger partial charge in [-0.3, -0.25) is 19.2 Å². The Kier molecular flexibility index (Phi) is 3.83. The number of carbonyl (C=O) groups excluding carboxylic acids is 1. The summed E-state index contributed by atoms with van der Waals surface area (Å²) in [5, 5.41) is 21.4. The summed E-state index contributed by atoms with van der Waals surface area (Å²) in [6, 6.07) is 2.71. The van der Waals surface area contributed by atoms with Gasteiger partial charge in [-0.1, -0.05) is 0 Å². The smallest absolute Gasteiger partial charge is 0.361 e. The number of nitrogens with one attached hydrogen (secondary N) is 1. The molecular weight excluding hydrogens is 332 g/mol. The van der Waals surface area contributed by atoms with Crippen molar-refractivity contribution in [1.82, 2.24) is 24.5 Å². The second-order valence-electron chi connectivity index (χ2n) is 5.26. The van der Waals surface area contributed by atoms with Crippen LogP contribution in [0.3, 0.4) is 0 Å². The van der Waals surface area contributed by atoms with Crippen LogP contribution in [-0.4, -0.2) is 42.0 Å². The third-order valence-electron chi connectivity index (χ3n) is 3.86. The molecule has 0 bridgehead atoms. The predicted octanol–water partition coefficient (Wildman–Crippen LogP) is 0.747. The number of H-pyrrole nitrogens is 1. The molecule has 0 saturated heterocycles. The largest absolute Gasteiger partial charge is 0.461 e. The fourth-order valence-electron chi connectivity index (χ4n) is 2.64. The highest BCUT2D eigenvalue weighted by Gasteiger charge is 2.27. The number of aromatic nitrogens is 5. The molecule has 0 aliphatic rings. The van der Waals surface area contributed by atoms with E-state index in [0.717, 1.165) is 0 Å². The van der Waals surface area contributed by atoms with Crippen molar-refractivity contribution >= 4 is 22.7 Å². The third kappa shape index (κ3) is 2.45. The van der Waals surface area contributed by atoms with Crippen molar-refractivity contribution in [3.8, 4) is 11.3 Å². The molecule has 0 amide bonds. The minimum Gasteiger partial charge on any atom is -0.461 e. The van der Waals surface area contributed by atoms with E-state index in [2.05, 4.69) is 15.4 Å². The van der Waals surface area contributed by atoms with Crippen LogP contribution in [0.15, 0.2) is 16.9 Å². The van der Waals surface area contributed by atoms with E-state index in [4.69, 9.17) is 4.74 Å². The SMILES string of the molecule is CCOC(=O)c1n[nH]nc1-c1cc2c(cc1[N+](=O)[O-])n(C)c(=O)n2C. The van der Waals surface area contributed by atoms with Gasteiger partial charge >= 0.3 is 11.7 Å². The summed E-state index contributed by atoms with van der Waals surface area (Å²) in [5.74, 6) is -0.748. The van der Waals surface area contributed by atoms with Gasteiger partial charge in [0.1, 0.15) is 5.69 Å². The summed E-state index contributed by atoms with van der Waals surface area (Å²) < 4.78 is 7.55. The summed E-state index contributed by atoms with van der Waals surface area (Å²) in [6.07, 6.45) is 0. The number of hydrogen-bond donors (Lipinski definition) is 1. The normalized spacial score (nSPS) is 11.0. The number of nitro groups is 1. The first-order valence-electron chi connectivity index (χ1n) is 7.28. The van der Waals surface area contributed by atoms with E-state index in [-0.39, 0.29) is 34.9 Å². The number of carbonyl (C=O) groups is 1. The molecule has 3 rings (SSSR count). The van der Waals surface area contributed by atoms with E-state index >= 15 is 0 Å². The maximum atomic E-state index is 12.1. The Morgan fingerprint density at radius 1 is 1.28 bits per heavy atom. The monoisotopic (exact) mass is 346 g/mol. The lowest BCUT2D eigenvalue weighted by Crippen LogP contribution is -2.19. The van der Waals surface area contributed by atoms with Crippen LogP contribution < -0.4 is 5.69 Å². The van der Waals surface area contributed by atoms with E-state index in [0.29, 0.717) is 11.0 Å². The number of ether oxygens (including phenoxy) is 1. The molecule has 2 heterocycles. The van der Waals surface area contributed by atoms with Gasteiger partial charge in [-0.15, -0.1) is 5.10 Å². The lowest BCUT2D eigenvalue weighted by atomic mass is 10.1. The molecule has 0 fully saturated rings. The van der Waals surface area contributed by atoms with Crippen molar-refractivity contribution in [2.24, 2.45) is 14.1 Å². The Balaban J connectivity index is 2.33. The maximum absolute atomic E-state index is 12.1. The van der Waals surface area contributed by atoms with Crippen LogP contribution in [0.25, 0.3) is 22.3 Å². The number of imidazole rings is 1. The van der Waals surface area contributed by atoms with Gasteiger partial charge in [-0.2, -0.15) is 10.3 Å². The molecule has 0 aliphatic heterocycles. The maximum Gasteiger partial charge on any atom is 0.361 e. The summed E-state index contributed by atoms with van der Waals surface area (Å²) >= 11 is 0. The molecule has 11 heteroatoms. The Labute approximate surface area is 140 Å². The predicted molar refractivity (Wildman–Crippen MR) is 86.1 cm³/mol. The summed E-state index contributed by atoms with van der Waals surface area (Å²) in [7, 11) is 3.07. The molecule has 0 atom stereocenters. The molecule has 0 unspecified atom stereocenters. The number of aromatic amines is 1. The second kappa shape index (κ2) is 5.85. The van der Waals surface area contributed by atoms with Gasteiger partial charge < -0.3 is 4.74 Å².